The van der Waals surface area contributed by atoms with Gasteiger partial charge in [-0.2, -0.15) is 0 Å². The van der Waals surface area contributed by atoms with Gasteiger partial charge in [0.15, 0.2) is 0 Å². The van der Waals surface area contributed by atoms with Crippen molar-refractivity contribution in [2.24, 2.45) is 7.05 Å². The second kappa shape index (κ2) is 4.01. The predicted molar refractivity (Wildman–Crippen MR) is 50.1 cm³/mol. The van der Waals surface area contributed by atoms with Gasteiger partial charge in [-0.05, 0) is 0 Å². The first-order valence-corrected chi connectivity index (χ1v) is 4.38. The number of aromatic amines is 1. The lowest BCUT2D eigenvalue weighted by molar-refractivity contribution is 0.612. The summed E-state index contributed by atoms with van der Waals surface area (Å²) in [6.45, 7) is 1.52. The van der Waals surface area contributed by atoms with Gasteiger partial charge < -0.3 is 10.3 Å². The number of hydrogen-bond acceptors (Lipinski definition) is 4. The molecule has 6 heteroatoms. The molecule has 0 aromatic carbocycles. The molecule has 0 bridgehead atoms. The number of aryl methyl sites for hydroxylation is 1. The third-order valence-corrected chi connectivity index (χ3v) is 1.98. The first kappa shape index (κ1) is 8.89. The van der Waals surface area contributed by atoms with Gasteiger partial charge in [0.05, 0.1) is 18.2 Å². The Bertz CT molecular complexity index is 376. The minimum atomic E-state index is 0.752. The fraction of sp³-hybridized carbons (Fsp3) is 0.375. The van der Waals surface area contributed by atoms with E-state index in [1.54, 1.807) is 23.4 Å². The van der Waals surface area contributed by atoms with E-state index in [9.17, 15) is 0 Å². The van der Waals surface area contributed by atoms with Crippen molar-refractivity contribution in [1.82, 2.24) is 30.3 Å². The van der Waals surface area contributed by atoms with Crippen LogP contribution in [-0.2, 0) is 20.1 Å². The van der Waals surface area contributed by atoms with Crippen molar-refractivity contribution in [2.75, 3.05) is 0 Å². The maximum absolute atomic E-state index is 3.93. The molecule has 2 aromatic rings. The number of aromatic nitrogens is 5. The fourth-order valence-corrected chi connectivity index (χ4v) is 1.18. The Morgan fingerprint density at radius 1 is 1.43 bits per heavy atom. The number of rotatable bonds is 4. The lowest BCUT2D eigenvalue weighted by atomic mass is 10.4. The zero-order valence-corrected chi connectivity index (χ0v) is 7.94. The standard InChI is InChI=1S/C8H12N6/c1-14-8(5-12-13-14)4-9-2-7-3-10-6-11-7/h3,5-6,9H,2,4H2,1H3,(H,10,11). The number of hydrogen-bond donors (Lipinski definition) is 2. The molecule has 0 radical (unpaired) electrons. The summed E-state index contributed by atoms with van der Waals surface area (Å²) < 4.78 is 1.75. The molecule has 0 fully saturated rings. The van der Waals surface area contributed by atoms with Gasteiger partial charge in [0.1, 0.15) is 0 Å². The highest BCUT2D eigenvalue weighted by atomic mass is 15.4. The molecule has 6 nitrogen and oxygen atoms in total. The predicted octanol–water partition coefficient (Wildman–Crippen LogP) is -0.172. The van der Waals surface area contributed by atoms with Crippen LogP contribution in [0.25, 0.3) is 0 Å². The van der Waals surface area contributed by atoms with Crippen LogP contribution in [0.5, 0.6) is 0 Å². The number of H-pyrrole nitrogens is 1. The van der Waals surface area contributed by atoms with Crippen LogP contribution in [0, 0.1) is 0 Å². The Morgan fingerprint density at radius 3 is 3.00 bits per heavy atom. The number of nitrogens with one attached hydrogen (secondary N) is 2. The zero-order chi connectivity index (χ0) is 9.80. The molecule has 0 spiro atoms. The molecule has 0 unspecified atom stereocenters. The second-order valence-corrected chi connectivity index (χ2v) is 3.03. The van der Waals surface area contributed by atoms with Crippen molar-refractivity contribution in [3.05, 3.63) is 30.1 Å². The molecule has 2 aromatic heterocycles. The van der Waals surface area contributed by atoms with Gasteiger partial charge in [-0.15, -0.1) is 5.10 Å². The SMILES string of the molecule is Cn1nncc1CNCc1cnc[nH]1. The molecule has 0 aliphatic heterocycles. The van der Waals surface area contributed by atoms with E-state index in [1.165, 1.54) is 0 Å². The summed E-state index contributed by atoms with van der Waals surface area (Å²) >= 11 is 0. The molecule has 0 aliphatic rings. The normalized spacial score (nSPS) is 10.6. The van der Waals surface area contributed by atoms with E-state index in [1.807, 2.05) is 7.05 Å². The highest BCUT2D eigenvalue weighted by Gasteiger charge is 1.99. The molecule has 2 rings (SSSR count). The summed E-state index contributed by atoms with van der Waals surface area (Å²) in [7, 11) is 1.88. The van der Waals surface area contributed by atoms with E-state index >= 15 is 0 Å². The summed E-state index contributed by atoms with van der Waals surface area (Å²) in [6.07, 6.45) is 5.22. The van der Waals surface area contributed by atoms with E-state index in [2.05, 4.69) is 25.6 Å². The average molecular weight is 192 g/mol. The van der Waals surface area contributed by atoms with E-state index in [-0.39, 0.29) is 0 Å². The smallest absolute Gasteiger partial charge is 0.0922 e. The van der Waals surface area contributed by atoms with Crippen LogP contribution in [0.15, 0.2) is 18.7 Å². The third-order valence-electron chi connectivity index (χ3n) is 1.98. The largest absolute Gasteiger partial charge is 0.347 e. The molecular weight excluding hydrogens is 180 g/mol. The quantitative estimate of drug-likeness (QED) is 0.705. The Labute approximate surface area is 81.4 Å². The second-order valence-electron chi connectivity index (χ2n) is 3.03. The molecular formula is C8H12N6. The Kier molecular flexibility index (Phi) is 2.55. The first-order valence-electron chi connectivity index (χ1n) is 4.38. The molecule has 0 amide bonds. The first-order chi connectivity index (χ1) is 6.86. The van der Waals surface area contributed by atoms with Crippen LogP contribution in [0.3, 0.4) is 0 Å². The van der Waals surface area contributed by atoms with Crippen molar-refractivity contribution < 1.29 is 0 Å². The Morgan fingerprint density at radius 2 is 2.36 bits per heavy atom. The van der Waals surface area contributed by atoms with Crippen molar-refractivity contribution in [3.63, 3.8) is 0 Å². The van der Waals surface area contributed by atoms with Gasteiger partial charge in [-0.25, -0.2) is 4.98 Å². The Balaban J connectivity index is 1.81. The average Bonchev–Trinajstić information content (AvgIpc) is 2.78. The summed E-state index contributed by atoms with van der Waals surface area (Å²) in [5, 5.41) is 10.9. The van der Waals surface area contributed by atoms with Crippen LogP contribution in [0.1, 0.15) is 11.4 Å². The lowest BCUT2D eigenvalue weighted by Gasteiger charge is -2.01. The molecule has 0 atom stereocenters. The van der Waals surface area contributed by atoms with Gasteiger partial charge in [0.2, 0.25) is 0 Å². The third kappa shape index (κ3) is 1.97. The molecule has 2 heterocycles. The maximum Gasteiger partial charge on any atom is 0.0922 e. The van der Waals surface area contributed by atoms with Crippen LogP contribution in [0.4, 0.5) is 0 Å². The van der Waals surface area contributed by atoms with E-state index in [0.29, 0.717) is 0 Å². The van der Waals surface area contributed by atoms with E-state index in [0.717, 1.165) is 24.5 Å². The highest BCUT2D eigenvalue weighted by Crippen LogP contribution is 1.94. The molecule has 0 saturated carbocycles. The molecule has 14 heavy (non-hydrogen) atoms. The molecule has 0 aliphatic carbocycles. The van der Waals surface area contributed by atoms with Gasteiger partial charge in [-0.3, -0.25) is 4.68 Å². The number of nitrogens with zero attached hydrogens (tertiary/aromatic N) is 4. The molecule has 74 valence electrons. The van der Waals surface area contributed by atoms with E-state index in [4.69, 9.17) is 0 Å². The van der Waals surface area contributed by atoms with Crippen molar-refractivity contribution in [1.29, 1.82) is 0 Å². The van der Waals surface area contributed by atoms with Crippen LogP contribution in [-0.4, -0.2) is 25.0 Å². The monoisotopic (exact) mass is 192 g/mol. The minimum Gasteiger partial charge on any atom is -0.347 e. The van der Waals surface area contributed by atoms with Crippen molar-refractivity contribution >= 4 is 0 Å². The van der Waals surface area contributed by atoms with Crippen LogP contribution >= 0.6 is 0 Å². The van der Waals surface area contributed by atoms with E-state index < -0.39 is 0 Å². The lowest BCUT2D eigenvalue weighted by Crippen LogP contribution is -2.15. The maximum atomic E-state index is 3.93. The molecule has 2 N–H and O–H groups in total. The van der Waals surface area contributed by atoms with Gasteiger partial charge in [0, 0.05) is 32.0 Å². The number of imidazole rings is 1. The fourth-order valence-electron chi connectivity index (χ4n) is 1.18. The summed E-state index contributed by atoms with van der Waals surface area (Å²) in [5.41, 5.74) is 2.13. The van der Waals surface area contributed by atoms with Gasteiger partial charge >= 0.3 is 0 Å². The summed E-state index contributed by atoms with van der Waals surface area (Å²) in [5.74, 6) is 0. The van der Waals surface area contributed by atoms with Gasteiger partial charge in [-0.1, -0.05) is 5.21 Å². The topological polar surface area (TPSA) is 71.4 Å². The zero-order valence-electron chi connectivity index (χ0n) is 7.94. The van der Waals surface area contributed by atoms with Gasteiger partial charge in [0.25, 0.3) is 0 Å². The Hall–Kier alpha value is -1.69. The minimum absolute atomic E-state index is 0.752. The van der Waals surface area contributed by atoms with Crippen LogP contribution in [0.2, 0.25) is 0 Å². The summed E-state index contributed by atoms with van der Waals surface area (Å²) in [4.78, 5) is 6.95. The van der Waals surface area contributed by atoms with Crippen molar-refractivity contribution in [2.45, 2.75) is 13.1 Å². The molecule has 0 saturated heterocycles. The highest BCUT2D eigenvalue weighted by molar-refractivity contribution is 4.96. The van der Waals surface area contributed by atoms with Crippen molar-refractivity contribution in [3.8, 4) is 0 Å². The summed E-state index contributed by atoms with van der Waals surface area (Å²) in [6, 6.07) is 0. The van der Waals surface area contributed by atoms with Crippen LogP contribution < -0.4 is 5.32 Å².